The standard InChI is InChI=1S/C14H14F6OS/c15-10(8-11(16)12(17)14(18,19)20)6-7-22-13(21)9-4-2-1-3-5-9/h1-5,10-12H,6-8H2. The molecular formula is C14H14F6OS. The molecule has 0 aliphatic heterocycles. The van der Waals surface area contributed by atoms with Gasteiger partial charge in [-0.1, -0.05) is 42.1 Å². The first-order chi connectivity index (χ1) is 10.2. The van der Waals surface area contributed by atoms with Crippen LogP contribution in [-0.2, 0) is 0 Å². The summed E-state index contributed by atoms with van der Waals surface area (Å²) in [6, 6.07) is 8.15. The lowest BCUT2D eigenvalue weighted by atomic mass is 10.1. The number of carbonyl (C=O) groups excluding carboxylic acids is 1. The van der Waals surface area contributed by atoms with Gasteiger partial charge in [-0.05, 0) is 6.42 Å². The highest BCUT2D eigenvalue weighted by atomic mass is 32.2. The summed E-state index contributed by atoms with van der Waals surface area (Å²) in [4.78, 5) is 11.6. The van der Waals surface area contributed by atoms with E-state index in [0.29, 0.717) is 5.56 Å². The first-order valence-corrected chi connectivity index (χ1v) is 7.41. The highest BCUT2D eigenvalue weighted by Crippen LogP contribution is 2.30. The Hall–Kier alpha value is -1.18. The summed E-state index contributed by atoms with van der Waals surface area (Å²) in [5, 5.41) is -0.316. The molecule has 0 spiro atoms. The molecule has 1 nitrogen and oxygen atoms in total. The van der Waals surface area contributed by atoms with Gasteiger partial charge in [0.15, 0.2) is 0 Å². The van der Waals surface area contributed by atoms with Gasteiger partial charge in [0.1, 0.15) is 12.3 Å². The van der Waals surface area contributed by atoms with Crippen LogP contribution in [0.2, 0.25) is 0 Å². The predicted molar refractivity (Wildman–Crippen MR) is 73.2 cm³/mol. The van der Waals surface area contributed by atoms with E-state index in [1.165, 1.54) is 0 Å². The smallest absolute Gasteiger partial charge is 0.282 e. The van der Waals surface area contributed by atoms with Crippen molar-refractivity contribution in [2.45, 2.75) is 37.5 Å². The molecule has 124 valence electrons. The van der Waals surface area contributed by atoms with E-state index in [-0.39, 0.29) is 17.3 Å². The van der Waals surface area contributed by atoms with Crippen LogP contribution in [0.1, 0.15) is 23.2 Å². The maximum Gasteiger partial charge on any atom is 0.422 e. The lowest BCUT2D eigenvalue weighted by Crippen LogP contribution is -2.35. The number of hydrogen-bond acceptors (Lipinski definition) is 2. The molecule has 22 heavy (non-hydrogen) atoms. The predicted octanol–water partition coefficient (Wildman–Crippen LogP) is 4.92. The zero-order valence-electron chi connectivity index (χ0n) is 11.3. The topological polar surface area (TPSA) is 17.1 Å². The van der Waals surface area contributed by atoms with Crippen molar-refractivity contribution in [3.8, 4) is 0 Å². The second-order valence-corrected chi connectivity index (χ2v) is 5.65. The van der Waals surface area contributed by atoms with Crippen LogP contribution in [0, 0.1) is 0 Å². The maximum atomic E-state index is 13.4. The minimum atomic E-state index is -5.34. The third kappa shape index (κ3) is 6.29. The molecule has 0 saturated carbocycles. The van der Waals surface area contributed by atoms with Crippen molar-refractivity contribution in [1.82, 2.24) is 0 Å². The van der Waals surface area contributed by atoms with E-state index in [9.17, 15) is 31.1 Å². The number of hydrogen-bond donors (Lipinski definition) is 0. The van der Waals surface area contributed by atoms with Crippen molar-refractivity contribution in [2.75, 3.05) is 5.75 Å². The van der Waals surface area contributed by atoms with Gasteiger partial charge in [0.05, 0.1) is 0 Å². The molecule has 0 N–H and O–H groups in total. The normalized spacial score (nSPS) is 16.1. The highest BCUT2D eigenvalue weighted by Gasteiger charge is 2.46. The van der Waals surface area contributed by atoms with Crippen LogP contribution >= 0.6 is 11.8 Å². The van der Waals surface area contributed by atoms with Crippen molar-refractivity contribution in [1.29, 1.82) is 0 Å². The fraction of sp³-hybridized carbons (Fsp3) is 0.500. The summed E-state index contributed by atoms with van der Waals surface area (Å²) in [5.41, 5.74) is 0.409. The van der Waals surface area contributed by atoms with E-state index in [4.69, 9.17) is 0 Å². The Bertz CT molecular complexity index is 464. The van der Waals surface area contributed by atoms with Crippen LogP contribution in [0.4, 0.5) is 26.3 Å². The van der Waals surface area contributed by atoms with E-state index < -0.39 is 31.1 Å². The van der Waals surface area contributed by atoms with Crippen LogP contribution in [0.25, 0.3) is 0 Å². The summed E-state index contributed by atoms with van der Waals surface area (Å²) in [7, 11) is 0. The Morgan fingerprint density at radius 1 is 1.09 bits per heavy atom. The monoisotopic (exact) mass is 344 g/mol. The number of alkyl halides is 6. The largest absolute Gasteiger partial charge is 0.422 e. The summed E-state index contributed by atoms with van der Waals surface area (Å²) >= 11 is 0.782. The number of rotatable bonds is 7. The molecule has 0 saturated heterocycles. The number of carbonyl (C=O) groups is 1. The second kappa shape index (κ2) is 8.45. The van der Waals surface area contributed by atoms with Gasteiger partial charge in [-0.15, -0.1) is 0 Å². The average Bonchev–Trinajstić information content (AvgIpc) is 2.46. The molecule has 0 radical (unpaired) electrons. The molecule has 0 heterocycles. The highest BCUT2D eigenvalue weighted by molar-refractivity contribution is 8.14. The van der Waals surface area contributed by atoms with Crippen molar-refractivity contribution in [3.63, 3.8) is 0 Å². The summed E-state index contributed by atoms with van der Waals surface area (Å²) in [5.74, 6) is -0.0232. The quantitative estimate of drug-likeness (QED) is 0.653. The summed E-state index contributed by atoms with van der Waals surface area (Å²) < 4.78 is 74.7. The second-order valence-electron chi connectivity index (χ2n) is 4.58. The minimum Gasteiger partial charge on any atom is -0.282 e. The molecular weight excluding hydrogens is 330 g/mol. The van der Waals surface area contributed by atoms with Gasteiger partial charge in [0.2, 0.25) is 11.3 Å². The van der Waals surface area contributed by atoms with Crippen LogP contribution in [0.5, 0.6) is 0 Å². The van der Waals surface area contributed by atoms with E-state index in [1.54, 1.807) is 30.3 Å². The van der Waals surface area contributed by atoms with E-state index in [0.717, 1.165) is 11.8 Å². The molecule has 3 atom stereocenters. The summed E-state index contributed by atoms with van der Waals surface area (Å²) in [6.45, 7) is 0. The average molecular weight is 344 g/mol. The Balaban J connectivity index is 2.32. The maximum absolute atomic E-state index is 13.4. The third-order valence-corrected chi connectivity index (χ3v) is 3.72. The molecule has 0 aliphatic rings. The molecule has 0 fully saturated rings. The molecule has 1 aromatic carbocycles. The van der Waals surface area contributed by atoms with Crippen LogP contribution in [-0.4, -0.2) is 35.6 Å². The van der Waals surface area contributed by atoms with Gasteiger partial charge in [0.25, 0.3) is 0 Å². The van der Waals surface area contributed by atoms with E-state index >= 15 is 0 Å². The van der Waals surface area contributed by atoms with E-state index in [1.807, 2.05) is 0 Å². The fourth-order valence-corrected chi connectivity index (χ4v) is 2.49. The molecule has 8 heteroatoms. The van der Waals surface area contributed by atoms with Gasteiger partial charge in [-0.25, -0.2) is 13.2 Å². The van der Waals surface area contributed by atoms with E-state index in [2.05, 4.69) is 0 Å². The fourth-order valence-electron chi connectivity index (χ4n) is 1.62. The van der Waals surface area contributed by atoms with Crippen molar-refractivity contribution in [2.24, 2.45) is 0 Å². The molecule has 0 aliphatic carbocycles. The Morgan fingerprint density at radius 2 is 1.68 bits per heavy atom. The molecule has 0 bridgehead atoms. The molecule has 1 aromatic rings. The first kappa shape index (κ1) is 18.9. The zero-order valence-corrected chi connectivity index (χ0v) is 12.1. The zero-order chi connectivity index (χ0) is 16.8. The van der Waals surface area contributed by atoms with Gasteiger partial charge in [0, 0.05) is 17.7 Å². The van der Waals surface area contributed by atoms with Crippen molar-refractivity contribution < 1.29 is 31.1 Å². The molecule has 1 rings (SSSR count). The van der Waals surface area contributed by atoms with Gasteiger partial charge >= 0.3 is 6.18 Å². The van der Waals surface area contributed by atoms with Gasteiger partial charge in [-0.3, -0.25) is 4.79 Å². The SMILES string of the molecule is O=C(SCCC(F)CC(F)C(F)C(F)(F)F)c1ccccc1. The third-order valence-electron chi connectivity index (χ3n) is 2.78. The molecule has 3 unspecified atom stereocenters. The van der Waals surface area contributed by atoms with Crippen LogP contribution in [0.3, 0.4) is 0 Å². The number of thioether (sulfide) groups is 1. The lowest BCUT2D eigenvalue weighted by molar-refractivity contribution is -0.197. The van der Waals surface area contributed by atoms with Gasteiger partial charge < -0.3 is 0 Å². The van der Waals surface area contributed by atoms with Crippen LogP contribution in [0.15, 0.2) is 30.3 Å². The van der Waals surface area contributed by atoms with Crippen LogP contribution < -0.4 is 0 Å². The Morgan fingerprint density at radius 3 is 2.23 bits per heavy atom. The summed E-state index contributed by atoms with van der Waals surface area (Å²) in [6.07, 6.45) is -15.4. The van der Waals surface area contributed by atoms with Crippen molar-refractivity contribution >= 4 is 16.9 Å². The first-order valence-electron chi connectivity index (χ1n) is 6.43. The number of halogens is 6. The molecule has 0 amide bonds. The number of benzene rings is 1. The van der Waals surface area contributed by atoms with Crippen molar-refractivity contribution in [3.05, 3.63) is 35.9 Å². The van der Waals surface area contributed by atoms with Gasteiger partial charge in [-0.2, -0.15) is 13.2 Å². The Kier molecular flexibility index (Phi) is 7.25. The minimum absolute atomic E-state index is 0.0232. The lowest BCUT2D eigenvalue weighted by Gasteiger charge is -2.18. The molecule has 0 aromatic heterocycles. The Labute approximate surface area is 128 Å².